The van der Waals surface area contributed by atoms with E-state index >= 15 is 0 Å². The van der Waals surface area contributed by atoms with Gasteiger partial charge >= 0.3 is 30.2 Å². The number of allylic oxidation sites excluding steroid dienone is 2. The van der Waals surface area contributed by atoms with Gasteiger partial charge in [-0.25, -0.2) is 28.0 Å². The highest BCUT2D eigenvalue weighted by Gasteiger charge is 2.63. The molecule has 4 fully saturated rings. The van der Waals surface area contributed by atoms with Crippen molar-refractivity contribution in [1.29, 1.82) is 0 Å². The summed E-state index contributed by atoms with van der Waals surface area (Å²) in [5.41, 5.74) is -2.89. The van der Waals surface area contributed by atoms with Crippen LogP contribution in [0.15, 0.2) is 69.5 Å². The van der Waals surface area contributed by atoms with E-state index in [4.69, 9.17) is 34.6 Å². The summed E-state index contributed by atoms with van der Waals surface area (Å²) in [4.78, 5) is 114. The SMILES string of the molecule is CC(C)(C)OC(=O)N[C@H]1CCCCC/C=C\[C@@H]2C[C@@]2(C(=O)O)NC(=O)[C@@H]2C[C@@H](O)CN2C1=O.CC(C)(C)OC(=O)N[C@H]1CCCCC/C=C\[C@@H]2C[C@@]2(C(=O)O)NC(=O)[C@@H]2C[C@@H](Oc3nc4cc(F)ccc4o3)CN2C1=O.Fc1ccc2oc(Cl)nc2c1. The molecule has 4 aromatic rings. The maximum absolute atomic E-state index is 14.0. The Labute approximate surface area is 505 Å². The van der Waals surface area contributed by atoms with Crippen LogP contribution in [0.1, 0.15) is 131 Å². The van der Waals surface area contributed by atoms with E-state index in [0.717, 1.165) is 38.5 Å². The van der Waals surface area contributed by atoms with E-state index in [0.29, 0.717) is 42.4 Å². The predicted octanol–water partition coefficient (Wildman–Crippen LogP) is 7.63. The number of carboxylic acids is 2. The summed E-state index contributed by atoms with van der Waals surface area (Å²) >= 11 is 5.44. The minimum Gasteiger partial charge on any atom is -0.479 e. The summed E-state index contributed by atoms with van der Waals surface area (Å²) < 4.78 is 53.3. The van der Waals surface area contributed by atoms with Gasteiger partial charge in [0.15, 0.2) is 11.2 Å². The molecular formula is C60H75ClF2N8O16. The molecule has 27 heteroatoms. The zero-order valence-electron chi connectivity index (χ0n) is 49.3. The third-order valence-corrected chi connectivity index (χ3v) is 15.7. The van der Waals surface area contributed by atoms with Crippen LogP contribution in [0.4, 0.5) is 18.4 Å². The maximum atomic E-state index is 14.0. The van der Waals surface area contributed by atoms with Gasteiger partial charge in [-0.1, -0.05) is 50.0 Å². The topological polar surface area (TPSA) is 332 Å². The van der Waals surface area contributed by atoms with E-state index in [1.165, 1.54) is 46.2 Å². The Kier molecular flexibility index (Phi) is 20.2. The van der Waals surface area contributed by atoms with Crippen LogP contribution in [0.2, 0.25) is 5.35 Å². The van der Waals surface area contributed by atoms with E-state index in [9.17, 15) is 62.5 Å². The summed E-state index contributed by atoms with van der Waals surface area (Å²) in [6.45, 7) is 10.2. The number of aliphatic hydroxyl groups is 1. The third kappa shape index (κ3) is 16.8. The van der Waals surface area contributed by atoms with E-state index in [-0.39, 0.29) is 73.4 Å². The van der Waals surface area contributed by atoms with Crippen LogP contribution in [0.25, 0.3) is 22.2 Å². The molecule has 2 aromatic carbocycles. The number of fused-ring (bicyclic) bond motifs is 6. The van der Waals surface area contributed by atoms with E-state index in [1.807, 2.05) is 24.3 Å². The summed E-state index contributed by atoms with van der Waals surface area (Å²) in [6.07, 6.45) is 11.5. The fourth-order valence-electron chi connectivity index (χ4n) is 11.1. The minimum absolute atomic E-state index is 0.00688. The number of alkyl carbamates (subject to hydrolysis) is 2. The van der Waals surface area contributed by atoms with Crippen molar-refractivity contribution in [3.63, 3.8) is 0 Å². The molecule has 4 aliphatic heterocycles. The van der Waals surface area contributed by atoms with Gasteiger partial charge in [-0.05, 0) is 129 Å². The second kappa shape index (κ2) is 27.0. The normalized spacial score (nSPS) is 28.6. The first-order valence-electron chi connectivity index (χ1n) is 29.2. The number of aromatic nitrogens is 2. The fourth-order valence-corrected chi connectivity index (χ4v) is 11.2. The summed E-state index contributed by atoms with van der Waals surface area (Å²) in [7, 11) is 0. The number of aliphatic carboxylic acids is 2. The van der Waals surface area contributed by atoms with E-state index in [2.05, 4.69) is 31.2 Å². The van der Waals surface area contributed by atoms with Crippen molar-refractivity contribution in [1.82, 2.24) is 41.0 Å². The molecule has 0 spiro atoms. The number of nitrogens with zero attached hydrogens (tertiary/aromatic N) is 4. The Morgan fingerprint density at radius 2 is 1.13 bits per heavy atom. The first-order valence-corrected chi connectivity index (χ1v) is 29.6. The number of amides is 6. The minimum atomic E-state index is -1.46. The molecule has 2 saturated carbocycles. The Balaban J connectivity index is 0.000000196. The molecule has 24 nitrogen and oxygen atoms in total. The lowest BCUT2D eigenvalue weighted by atomic mass is 10.0. The molecule has 87 heavy (non-hydrogen) atoms. The van der Waals surface area contributed by atoms with Crippen molar-refractivity contribution in [2.45, 2.75) is 190 Å². The van der Waals surface area contributed by atoms with Crippen molar-refractivity contribution < 1.29 is 85.5 Å². The Morgan fingerprint density at radius 3 is 1.61 bits per heavy atom. The molecule has 2 saturated heterocycles. The number of carbonyl (C=O) groups excluding carboxylic acids is 6. The summed E-state index contributed by atoms with van der Waals surface area (Å²) in [5, 5.41) is 40.6. The van der Waals surface area contributed by atoms with Gasteiger partial charge in [0.1, 0.15) is 75.2 Å². The monoisotopic (exact) mass is 1240 g/mol. The summed E-state index contributed by atoms with van der Waals surface area (Å²) in [6, 6.07) is 3.89. The van der Waals surface area contributed by atoms with E-state index in [1.54, 1.807) is 41.5 Å². The van der Waals surface area contributed by atoms with Crippen LogP contribution in [-0.2, 0) is 38.2 Å². The first-order chi connectivity index (χ1) is 41.0. The van der Waals surface area contributed by atoms with Crippen molar-refractivity contribution >= 4 is 81.6 Å². The van der Waals surface area contributed by atoms with Crippen LogP contribution in [-0.4, -0.2) is 155 Å². The number of halogens is 3. The number of benzene rings is 2. The number of hydrogen-bond acceptors (Lipinski definition) is 16. The number of ether oxygens (including phenoxy) is 3. The molecule has 2 aliphatic carbocycles. The van der Waals surface area contributed by atoms with Crippen LogP contribution >= 0.6 is 11.6 Å². The Hall–Kier alpha value is -7.87. The average Bonchev–Trinajstić information content (AvgIpc) is 1.65. The zero-order valence-corrected chi connectivity index (χ0v) is 50.0. The van der Waals surface area contributed by atoms with Gasteiger partial charge in [0.2, 0.25) is 23.6 Å². The third-order valence-electron chi connectivity index (χ3n) is 15.6. The molecule has 6 aliphatic rings. The molecule has 6 amide bonds. The Bertz CT molecular complexity index is 3290. The van der Waals surface area contributed by atoms with Gasteiger partial charge in [-0.2, -0.15) is 9.97 Å². The molecule has 0 bridgehead atoms. The van der Waals surface area contributed by atoms with Crippen molar-refractivity contribution in [2.24, 2.45) is 11.8 Å². The second-order valence-electron chi connectivity index (χ2n) is 24.7. The molecule has 2 aromatic heterocycles. The van der Waals surface area contributed by atoms with Crippen LogP contribution in [0, 0.1) is 23.5 Å². The highest BCUT2D eigenvalue weighted by atomic mass is 35.5. The molecule has 0 unspecified atom stereocenters. The number of carbonyl (C=O) groups is 8. The standard InChI is InChI=1S/C30H37FN4O8.C23H35N3O7.C7H3ClFNO/c1-29(2,3)43-27(40)32-20-10-8-6-4-5-7-9-17-15-30(17,26(38)39)34-24(36)22-14-19(16-35(22)25(20)37)41-28-33-21-13-18(31)11-12-23(21)42-28;1-22(2,3)33-21(32)24-16-10-8-6-4-5-7-9-14-12-23(14,20(30)31)25-18(28)17-11-15(27)13-26(17)19(16)29;8-7-10-5-3-4(9)1-2-6(5)11-7/h7,9,11-13,17,19-20,22H,4-6,8,10,14-16H2,1-3H3,(H,32,40)(H,34,36)(H,38,39);7,9,14-17,27H,4-6,8,10-13H2,1-3H3,(H,24,32)(H,25,28)(H,30,31);1-3H/b2*9-7-;/t17-,19-,20+,22+,30-;14-,15-,16+,17+,23-;/m11./s1. The zero-order chi connectivity index (χ0) is 63.2. The molecule has 0 radical (unpaired) electrons. The number of nitrogens with one attached hydrogen (secondary N) is 4. The van der Waals surface area contributed by atoms with Crippen LogP contribution in [0.5, 0.6) is 6.08 Å². The lowest BCUT2D eigenvalue weighted by Crippen LogP contribution is -2.56. The van der Waals surface area contributed by atoms with E-state index < -0.39 is 112 Å². The second-order valence-corrected chi connectivity index (χ2v) is 25.1. The molecular weight excluding hydrogens is 1160 g/mol. The fraction of sp³-hybridized carbons (Fsp3) is 0.567. The van der Waals surface area contributed by atoms with Crippen molar-refractivity contribution in [3.05, 3.63) is 77.7 Å². The highest BCUT2D eigenvalue weighted by Crippen LogP contribution is 2.47. The molecule has 472 valence electrons. The Morgan fingerprint density at radius 1 is 0.667 bits per heavy atom. The smallest absolute Gasteiger partial charge is 0.408 e. The largest absolute Gasteiger partial charge is 0.479 e. The molecule has 10 atom stereocenters. The molecule has 10 rings (SSSR count). The van der Waals surface area contributed by atoms with Crippen LogP contribution < -0.4 is 26.0 Å². The number of rotatable bonds is 6. The van der Waals surface area contributed by atoms with Crippen molar-refractivity contribution in [3.8, 4) is 6.08 Å². The molecule has 7 N–H and O–H groups in total. The lowest BCUT2D eigenvalue weighted by Gasteiger charge is -2.30. The predicted molar refractivity (Wildman–Crippen MR) is 308 cm³/mol. The number of aliphatic hydroxyl groups excluding tert-OH is 1. The van der Waals surface area contributed by atoms with Gasteiger partial charge in [0.05, 0.1) is 12.6 Å². The van der Waals surface area contributed by atoms with Crippen LogP contribution in [0.3, 0.4) is 0 Å². The lowest BCUT2D eigenvalue weighted by molar-refractivity contribution is -0.146. The van der Waals surface area contributed by atoms with Gasteiger partial charge in [0.25, 0.3) is 5.35 Å². The highest BCUT2D eigenvalue weighted by molar-refractivity contribution is 6.28. The molecule has 6 heterocycles. The number of oxazole rings is 2. The van der Waals surface area contributed by atoms with Crippen molar-refractivity contribution in [2.75, 3.05) is 13.1 Å². The first kappa shape index (κ1) is 65.1. The summed E-state index contributed by atoms with van der Waals surface area (Å²) in [5.74, 6) is -6.01. The number of carboxylic acid groups (broad SMARTS) is 2. The van der Waals surface area contributed by atoms with Gasteiger partial charge < -0.3 is 69.4 Å². The quantitative estimate of drug-likeness (QED) is 0.0912. The van der Waals surface area contributed by atoms with Gasteiger partial charge in [0, 0.05) is 43.4 Å². The van der Waals surface area contributed by atoms with Gasteiger partial charge in [-0.15, -0.1) is 0 Å². The number of hydrogen-bond donors (Lipinski definition) is 7. The average molecular weight is 1240 g/mol. The van der Waals surface area contributed by atoms with Gasteiger partial charge in [-0.3, -0.25) is 19.2 Å². The maximum Gasteiger partial charge on any atom is 0.408 e.